The first-order chi connectivity index (χ1) is 20.0. The van der Waals surface area contributed by atoms with Crippen molar-refractivity contribution in [3.8, 4) is 22.3 Å². The fourth-order valence-corrected chi connectivity index (χ4v) is 29.3. The second-order valence-corrected chi connectivity index (χ2v) is 29.4. The van der Waals surface area contributed by atoms with Crippen LogP contribution in [0.2, 0.25) is 0 Å². The molecule has 0 saturated heterocycles. The summed E-state index contributed by atoms with van der Waals surface area (Å²) in [6, 6.07) is 47.3. The van der Waals surface area contributed by atoms with Gasteiger partial charge in [-0.05, 0) is 0 Å². The number of benzene rings is 5. The van der Waals surface area contributed by atoms with Gasteiger partial charge in [-0.1, -0.05) is 0 Å². The second-order valence-electron chi connectivity index (χ2n) is 11.9. The van der Waals surface area contributed by atoms with E-state index in [1.807, 2.05) is 0 Å². The average Bonchev–Trinajstić information content (AvgIpc) is 3.54. The summed E-state index contributed by atoms with van der Waals surface area (Å²) in [5.74, 6) is 0. The van der Waals surface area contributed by atoms with E-state index in [0.29, 0.717) is 7.25 Å². The van der Waals surface area contributed by atoms with Crippen molar-refractivity contribution in [3.05, 3.63) is 166 Å². The van der Waals surface area contributed by atoms with Gasteiger partial charge in [0.2, 0.25) is 0 Å². The van der Waals surface area contributed by atoms with E-state index >= 15 is 0 Å². The summed E-state index contributed by atoms with van der Waals surface area (Å²) in [6.07, 6.45) is 5.06. The van der Waals surface area contributed by atoms with Crippen LogP contribution in [0.5, 0.6) is 0 Å². The smallest absolute Gasteiger partial charge is 1.00 e. The van der Waals surface area contributed by atoms with E-state index in [4.69, 9.17) is 0 Å². The fraction of sp³-hybridized carbons (Fsp3) is 0.128. The molecule has 0 bridgehead atoms. The van der Waals surface area contributed by atoms with Crippen molar-refractivity contribution >= 4 is 19.0 Å². The molecular formula is C39H35Cl2SiZr. The van der Waals surface area contributed by atoms with E-state index in [1.54, 1.807) is 22.3 Å². The van der Waals surface area contributed by atoms with Gasteiger partial charge in [-0.3, -0.25) is 0 Å². The molecule has 0 fully saturated rings. The van der Waals surface area contributed by atoms with Gasteiger partial charge in [0, 0.05) is 0 Å². The van der Waals surface area contributed by atoms with E-state index in [0.717, 1.165) is 0 Å². The first-order valence-corrected chi connectivity index (χ1v) is 25.2. The van der Waals surface area contributed by atoms with Crippen LogP contribution in [0.15, 0.2) is 139 Å². The summed E-state index contributed by atoms with van der Waals surface area (Å²) in [5, 5.41) is 0. The largest absolute Gasteiger partial charge is 1.00 e. The third-order valence-electron chi connectivity index (χ3n) is 9.25. The van der Waals surface area contributed by atoms with Gasteiger partial charge in [-0.15, -0.1) is 0 Å². The zero-order valence-electron chi connectivity index (χ0n) is 24.6. The molecule has 0 amide bonds. The van der Waals surface area contributed by atoms with E-state index < -0.39 is 18.9 Å². The first kappa shape index (κ1) is 31.7. The maximum atomic E-state index is 2.53. The van der Waals surface area contributed by atoms with Crippen molar-refractivity contribution in [1.82, 2.24) is 0 Å². The Morgan fingerprint density at radius 3 is 1.33 bits per heavy atom. The standard InChI is InChI=1S/2C16H13.C7H7.2ClH.H2Si.Zr/c2*1-12-10-14-8-5-9-15(16(14)11-12)13-6-3-2-4-7-13;1-7-5-3-2-4-6-7;;;;/h2*2-11H,1H3;2-6H,1H2;2*1H;1H2;/q;;;;;;+2/p-2. The monoisotopic (exact) mass is 691 g/mol. The Hall–Kier alpha value is -2.74. The Balaban J connectivity index is 0.00000184. The molecule has 0 heterocycles. The Bertz CT molecular complexity index is 1750. The van der Waals surface area contributed by atoms with E-state index in [9.17, 15) is 0 Å². The molecule has 0 aromatic heterocycles. The average molecular weight is 694 g/mol. The normalized spacial score (nSPS) is 17.1. The van der Waals surface area contributed by atoms with Crippen molar-refractivity contribution < 1.29 is 43.7 Å². The van der Waals surface area contributed by atoms with Gasteiger partial charge >= 0.3 is 252 Å². The van der Waals surface area contributed by atoms with Crippen molar-refractivity contribution in [3.63, 3.8) is 0 Å². The van der Waals surface area contributed by atoms with Gasteiger partial charge in [-0.25, -0.2) is 0 Å². The molecule has 2 atom stereocenters. The molecule has 4 heteroatoms. The van der Waals surface area contributed by atoms with Crippen LogP contribution >= 0.6 is 0 Å². The molecule has 2 aliphatic rings. The summed E-state index contributed by atoms with van der Waals surface area (Å²) in [6.45, 7) is 7.30. The van der Waals surface area contributed by atoms with Crippen LogP contribution in [0.1, 0.15) is 48.9 Å². The van der Waals surface area contributed by atoms with Crippen LogP contribution in [-0.4, -0.2) is 6.88 Å². The number of halogens is 2. The van der Waals surface area contributed by atoms with Crippen LogP contribution in [-0.2, 0) is 23.0 Å². The maximum Gasteiger partial charge on any atom is -1.00 e. The van der Waals surface area contributed by atoms with Gasteiger partial charge in [0.25, 0.3) is 0 Å². The van der Waals surface area contributed by atoms with Gasteiger partial charge in [0.15, 0.2) is 0 Å². The van der Waals surface area contributed by atoms with Crippen molar-refractivity contribution in [2.45, 2.75) is 25.2 Å². The minimum absolute atomic E-state index is 0. The third kappa shape index (κ3) is 5.65. The Kier molecular flexibility index (Phi) is 9.64. The molecule has 2 unspecified atom stereocenters. The molecule has 0 saturated carbocycles. The summed E-state index contributed by atoms with van der Waals surface area (Å²) < 4.78 is 2.28. The molecule has 0 N–H and O–H groups in total. The molecule has 0 nitrogen and oxygen atoms in total. The number of hydrogen-bond acceptors (Lipinski definition) is 0. The van der Waals surface area contributed by atoms with Gasteiger partial charge in [-0.2, -0.15) is 0 Å². The van der Waals surface area contributed by atoms with Crippen LogP contribution in [0.25, 0.3) is 34.4 Å². The topological polar surface area (TPSA) is 0 Å². The Labute approximate surface area is 274 Å². The summed E-state index contributed by atoms with van der Waals surface area (Å²) >= 11 is -3.17. The molecule has 2 aliphatic carbocycles. The van der Waals surface area contributed by atoms with Crippen LogP contribution < -0.4 is 24.8 Å². The molecule has 213 valence electrons. The van der Waals surface area contributed by atoms with E-state index in [2.05, 4.69) is 160 Å². The summed E-state index contributed by atoms with van der Waals surface area (Å²) in [5.41, 5.74) is 16.0. The minimum atomic E-state index is -3.17. The number of allylic oxidation sites excluding steroid dienone is 2. The zero-order valence-corrected chi connectivity index (χ0v) is 30.0. The molecular weight excluding hydrogens is 659 g/mol. The number of hydrogen-bond donors (Lipinski definition) is 0. The number of fused-ring (bicyclic) bond motifs is 2. The van der Waals surface area contributed by atoms with Crippen molar-refractivity contribution in [2.75, 3.05) is 0 Å². The molecule has 0 aliphatic heterocycles. The van der Waals surface area contributed by atoms with Gasteiger partial charge in [0.05, 0.1) is 0 Å². The van der Waals surface area contributed by atoms with Crippen LogP contribution in [0, 0.1) is 0 Å². The van der Waals surface area contributed by atoms with Gasteiger partial charge in [0.1, 0.15) is 0 Å². The molecule has 7 rings (SSSR count). The summed E-state index contributed by atoms with van der Waals surface area (Å²) in [4.78, 5) is 0. The molecule has 5 aromatic rings. The fourth-order valence-electron chi connectivity index (χ4n) is 7.72. The van der Waals surface area contributed by atoms with Crippen molar-refractivity contribution in [1.29, 1.82) is 0 Å². The minimum Gasteiger partial charge on any atom is -1.00 e. The predicted molar refractivity (Wildman–Crippen MR) is 175 cm³/mol. The Morgan fingerprint density at radius 1 is 0.512 bits per heavy atom. The summed E-state index contributed by atoms with van der Waals surface area (Å²) in [7, 11) is 0. The number of rotatable bonds is 6. The molecule has 5 aromatic carbocycles. The predicted octanol–water partition coefficient (Wildman–Crippen LogP) is 3.55. The third-order valence-corrected chi connectivity index (χ3v) is 27.6. The van der Waals surface area contributed by atoms with Crippen LogP contribution in [0.3, 0.4) is 0 Å². The maximum absolute atomic E-state index is 3.17. The second kappa shape index (κ2) is 13.1. The quantitative estimate of drug-likeness (QED) is 0.239. The van der Waals surface area contributed by atoms with Gasteiger partial charge < -0.3 is 24.8 Å². The zero-order chi connectivity index (χ0) is 28.0. The van der Waals surface area contributed by atoms with Crippen LogP contribution in [0.4, 0.5) is 0 Å². The SMILES string of the molecule is CC1=Cc2c(-c3ccccc3)cccc2[CH]1[Zr+2](=[SiH2])([CH2]c1ccccc1)[CH]1C(C)=Cc2c(-c3ccccc3)cccc21.[Cl-].[Cl-]. The first-order valence-electron chi connectivity index (χ1n) is 14.7. The van der Waals surface area contributed by atoms with E-state index in [-0.39, 0.29) is 24.8 Å². The molecule has 0 spiro atoms. The molecule has 43 heavy (non-hydrogen) atoms. The van der Waals surface area contributed by atoms with E-state index in [1.165, 1.54) is 43.1 Å². The Morgan fingerprint density at radius 2 is 0.907 bits per heavy atom. The molecule has 0 radical (unpaired) electrons. The van der Waals surface area contributed by atoms with Crippen molar-refractivity contribution in [2.24, 2.45) is 0 Å².